The van der Waals surface area contributed by atoms with Crippen LogP contribution in [0, 0.1) is 29.9 Å². The molecule has 1 atom stereocenters. The Labute approximate surface area is 122 Å². The number of carbonyl (C=O) groups excluding carboxylic acids is 1. The van der Waals surface area contributed by atoms with Gasteiger partial charge in [0.25, 0.3) is 5.91 Å². The number of terminal acetylenes is 1. The number of carbonyl (C=O) groups is 1. The minimum absolute atomic E-state index is 0.00487. The van der Waals surface area contributed by atoms with E-state index in [0.717, 1.165) is 31.4 Å². The maximum absolute atomic E-state index is 13.8. The number of halogens is 2. The molecule has 1 saturated carbocycles. The third kappa shape index (κ3) is 3.52. The van der Waals surface area contributed by atoms with Gasteiger partial charge in [-0.3, -0.25) is 4.79 Å². The van der Waals surface area contributed by atoms with Gasteiger partial charge in [0.05, 0.1) is 0 Å². The van der Waals surface area contributed by atoms with Crippen LogP contribution in [0.2, 0.25) is 0 Å². The average Bonchev–Trinajstić information content (AvgIpc) is 2.35. The Bertz CT molecular complexity index is 553. The molecule has 1 aromatic rings. The Hall–Kier alpha value is -2.09. The van der Waals surface area contributed by atoms with Crippen LogP contribution in [-0.4, -0.2) is 18.6 Å². The zero-order valence-corrected chi connectivity index (χ0v) is 11.8. The van der Waals surface area contributed by atoms with Crippen molar-refractivity contribution < 1.29 is 18.3 Å². The maximum atomic E-state index is 13.8. The van der Waals surface area contributed by atoms with E-state index in [1.807, 2.05) is 6.92 Å². The predicted molar refractivity (Wildman–Crippen MR) is 75.0 cm³/mol. The van der Waals surface area contributed by atoms with Gasteiger partial charge >= 0.3 is 0 Å². The van der Waals surface area contributed by atoms with Gasteiger partial charge in [-0.1, -0.05) is 12.3 Å². The van der Waals surface area contributed by atoms with E-state index < -0.39 is 23.3 Å². The number of hydrogen-bond acceptors (Lipinski definition) is 2. The number of hydrogen-bond donors (Lipinski definition) is 1. The highest BCUT2D eigenvalue weighted by molar-refractivity contribution is 5.94. The topological polar surface area (TPSA) is 38.3 Å². The van der Waals surface area contributed by atoms with E-state index in [4.69, 9.17) is 11.2 Å². The van der Waals surface area contributed by atoms with Crippen molar-refractivity contribution in [1.82, 2.24) is 5.32 Å². The molecule has 0 saturated heterocycles. The van der Waals surface area contributed by atoms with E-state index in [2.05, 4.69) is 11.2 Å². The van der Waals surface area contributed by atoms with E-state index in [1.165, 1.54) is 0 Å². The van der Waals surface area contributed by atoms with Crippen LogP contribution in [0.1, 0.15) is 36.5 Å². The molecule has 0 aliphatic heterocycles. The van der Waals surface area contributed by atoms with Crippen molar-refractivity contribution >= 4 is 5.91 Å². The molecular weight excluding hydrogens is 276 g/mol. The largest absolute Gasteiger partial charge is 0.475 e. The molecule has 0 spiro atoms. The highest BCUT2D eigenvalue weighted by Gasteiger charge is 2.26. The molecule has 1 aliphatic carbocycles. The lowest BCUT2D eigenvalue weighted by Gasteiger charge is -2.31. The molecule has 112 valence electrons. The molecule has 1 fully saturated rings. The molecule has 5 heteroatoms. The van der Waals surface area contributed by atoms with Crippen molar-refractivity contribution in [1.29, 1.82) is 0 Å². The first kappa shape index (κ1) is 15.3. The Balaban J connectivity index is 2.09. The van der Waals surface area contributed by atoms with Gasteiger partial charge in [0.1, 0.15) is 6.61 Å². The number of amides is 1. The Morgan fingerprint density at radius 2 is 2.10 bits per heavy atom. The summed E-state index contributed by atoms with van der Waals surface area (Å²) in [5.41, 5.74) is -0.0655. The molecule has 0 radical (unpaired) electrons. The molecular formula is C16H17F2NO2. The third-order valence-corrected chi connectivity index (χ3v) is 3.78. The third-order valence-electron chi connectivity index (χ3n) is 3.78. The van der Waals surface area contributed by atoms with E-state index in [9.17, 15) is 13.6 Å². The van der Waals surface area contributed by atoms with Crippen LogP contribution >= 0.6 is 0 Å². The van der Waals surface area contributed by atoms with Crippen LogP contribution in [-0.2, 0) is 0 Å². The summed E-state index contributed by atoms with van der Waals surface area (Å²) in [5.74, 6) is -0.355. The van der Waals surface area contributed by atoms with Gasteiger partial charge in [0, 0.05) is 11.6 Å². The summed E-state index contributed by atoms with van der Waals surface area (Å²) in [4.78, 5) is 12.0. The molecule has 1 aromatic carbocycles. The summed E-state index contributed by atoms with van der Waals surface area (Å²) in [6, 6.07) is 1.91. The van der Waals surface area contributed by atoms with Crippen molar-refractivity contribution in [2.75, 3.05) is 6.61 Å². The summed E-state index contributed by atoms with van der Waals surface area (Å²) >= 11 is 0. The number of nitrogens with one attached hydrogen (secondary N) is 1. The molecule has 0 heterocycles. The Kier molecular flexibility index (Phi) is 4.79. The van der Waals surface area contributed by atoms with Gasteiger partial charge in [-0.05, 0) is 37.8 Å². The normalized spacial score (nSPS) is 15.7. The zero-order chi connectivity index (χ0) is 15.4. The molecule has 21 heavy (non-hydrogen) atoms. The molecule has 1 unspecified atom stereocenters. The van der Waals surface area contributed by atoms with Crippen molar-refractivity contribution in [3.63, 3.8) is 0 Å². The molecule has 0 bridgehead atoms. The van der Waals surface area contributed by atoms with Gasteiger partial charge in [0.2, 0.25) is 0 Å². The van der Waals surface area contributed by atoms with Crippen LogP contribution in [0.4, 0.5) is 8.78 Å². The lowest BCUT2D eigenvalue weighted by molar-refractivity contribution is 0.0908. The SMILES string of the molecule is C#CCOc1c(F)cc(C(=O)NC(C)C2CCC2)cc1F. The fourth-order valence-corrected chi connectivity index (χ4v) is 2.29. The predicted octanol–water partition coefficient (Wildman–Crippen LogP) is 2.90. The molecule has 2 rings (SSSR count). The highest BCUT2D eigenvalue weighted by atomic mass is 19.1. The zero-order valence-electron chi connectivity index (χ0n) is 11.8. The number of rotatable bonds is 5. The van der Waals surface area contributed by atoms with Crippen molar-refractivity contribution in [2.24, 2.45) is 5.92 Å². The molecule has 1 amide bonds. The molecule has 3 nitrogen and oxygen atoms in total. The van der Waals surface area contributed by atoms with Gasteiger partial charge < -0.3 is 10.1 Å². The highest BCUT2D eigenvalue weighted by Crippen LogP contribution is 2.29. The minimum Gasteiger partial charge on any atom is -0.475 e. The minimum atomic E-state index is -0.938. The smallest absolute Gasteiger partial charge is 0.251 e. The standard InChI is InChI=1S/C16H17F2NO2/c1-3-7-21-15-13(17)8-12(9-14(15)18)16(20)19-10(2)11-5-4-6-11/h1,8-11H,4-7H2,2H3,(H,19,20). The number of ether oxygens (including phenoxy) is 1. The maximum Gasteiger partial charge on any atom is 0.251 e. The Morgan fingerprint density at radius 1 is 1.48 bits per heavy atom. The van der Waals surface area contributed by atoms with Crippen LogP contribution in [0.25, 0.3) is 0 Å². The fourth-order valence-electron chi connectivity index (χ4n) is 2.29. The monoisotopic (exact) mass is 293 g/mol. The van der Waals surface area contributed by atoms with E-state index >= 15 is 0 Å². The molecule has 1 N–H and O–H groups in total. The van der Waals surface area contributed by atoms with Crippen LogP contribution in [0.5, 0.6) is 5.75 Å². The number of benzene rings is 1. The second kappa shape index (κ2) is 6.57. The van der Waals surface area contributed by atoms with Crippen LogP contribution < -0.4 is 10.1 Å². The van der Waals surface area contributed by atoms with Crippen LogP contribution in [0.15, 0.2) is 12.1 Å². The van der Waals surface area contributed by atoms with Gasteiger partial charge in [-0.2, -0.15) is 0 Å². The first-order valence-electron chi connectivity index (χ1n) is 6.89. The fraction of sp³-hybridized carbons (Fsp3) is 0.438. The first-order valence-corrected chi connectivity index (χ1v) is 6.89. The summed E-state index contributed by atoms with van der Waals surface area (Å²) in [5, 5.41) is 2.77. The Morgan fingerprint density at radius 3 is 2.57 bits per heavy atom. The lowest BCUT2D eigenvalue weighted by atomic mass is 9.80. The van der Waals surface area contributed by atoms with Gasteiger partial charge in [0.15, 0.2) is 17.4 Å². The van der Waals surface area contributed by atoms with Crippen molar-refractivity contribution in [2.45, 2.75) is 32.2 Å². The van der Waals surface area contributed by atoms with E-state index in [-0.39, 0.29) is 18.2 Å². The first-order chi connectivity index (χ1) is 10.0. The summed E-state index contributed by atoms with van der Waals surface area (Å²) < 4.78 is 32.3. The second-order valence-corrected chi connectivity index (χ2v) is 5.21. The van der Waals surface area contributed by atoms with Crippen molar-refractivity contribution in [3.8, 4) is 18.1 Å². The summed E-state index contributed by atoms with van der Waals surface area (Å²) in [6.07, 6.45) is 8.28. The van der Waals surface area contributed by atoms with E-state index in [0.29, 0.717) is 5.92 Å². The molecule has 1 aliphatic rings. The summed E-state index contributed by atoms with van der Waals surface area (Å²) in [7, 11) is 0. The second-order valence-electron chi connectivity index (χ2n) is 5.21. The quantitative estimate of drug-likeness (QED) is 0.848. The molecule has 0 aromatic heterocycles. The summed E-state index contributed by atoms with van der Waals surface area (Å²) in [6.45, 7) is 1.66. The van der Waals surface area contributed by atoms with Gasteiger partial charge in [-0.15, -0.1) is 6.42 Å². The van der Waals surface area contributed by atoms with Crippen molar-refractivity contribution in [3.05, 3.63) is 29.3 Å². The average molecular weight is 293 g/mol. The van der Waals surface area contributed by atoms with Crippen LogP contribution in [0.3, 0.4) is 0 Å². The van der Waals surface area contributed by atoms with Gasteiger partial charge in [-0.25, -0.2) is 8.78 Å². The lowest BCUT2D eigenvalue weighted by Crippen LogP contribution is -2.40. The van der Waals surface area contributed by atoms with E-state index in [1.54, 1.807) is 0 Å².